The highest BCUT2D eigenvalue weighted by molar-refractivity contribution is 5.87. The maximum atomic E-state index is 13.7. The van der Waals surface area contributed by atoms with E-state index in [0.29, 0.717) is 12.1 Å². The van der Waals surface area contributed by atoms with E-state index in [1.165, 1.54) is 11.0 Å². The van der Waals surface area contributed by atoms with Crippen LogP contribution >= 0.6 is 0 Å². The van der Waals surface area contributed by atoms with Gasteiger partial charge in [0, 0.05) is 18.5 Å². The van der Waals surface area contributed by atoms with Crippen molar-refractivity contribution in [3.8, 4) is 0 Å². The molecule has 2 rings (SSSR count). The number of hydrogen-bond donors (Lipinski definition) is 1. The fraction of sp³-hybridized carbons (Fsp3) is 0.385. The van der Waals surface area contributed by atoms with Crippen molar-refractivity contribution in [1.29, 1.82) is 0 Å². The van der Waals surface area contributed by atoms with Crippen LogP contribution in [0.15, 0.2) is 24.3 Å². The summed E-state index contributed by atoms with van der Waals surface area (Å²) in [6.45, 7) is 2.07. The molecule has 2 amide bonds. The molecule has 1 fully saturated rings. The van der Waals surface area contributed by atoms with E-state index in [1.807, 2.05) is 0 Å². The summed E-state index contributed by atoms with van der Waals surface area (Å²) >= 11 is 0. The molecule has 1 N–H and O–H groups in total. The molecule has 1 heterocycles. The Kier molecular flexibility index (Phi) is 3.60. The lowest BCUT2D eigenvalue weighted by atomic mass is 10.1. The molecule has 1 saturated heterocycles. The maximum Gasteiger partial charge on any atom is 0.242 e. The topological polar surface area (TPSA) is 49.4 Å². The zero-order valence-corrected chi connectivity index (χ0v) is 10.1. The number of hydrogen-bond acceptors (Lipinski definition) is 2. The van der Waals surface area contributed by atoms with Crippen LogP contribution in [0.25, 0.3) is 0 Å². The molecule has 0 radical (unpaired) electrons. The first kappa shape index (κ1) is 12.5. The highest BCUT2D eigenvalue weighted by Crippen LogP contribution is 2.23. The molecule has 1 aliphatic rings. The second-order valence-corrected chi connectivity index (χ2v) is 4.31. The lowest BCUT2D eigenvalue weighted by Crippen LogP contribution is -2.37. The van der Waals surface area contributed by atoms with E-state index < -0.39 is 0 Å². The van der Waals surface area contributed by atoms with Crippen LogP contribution < -0.4 is 5.32 Å². The quantitative estimate of drug-likeness (QED) is 0.858. The van der Waals surface area contributed by atoms with E-state index in [2.05, 4.69) is 5.32 Å². The van der Waals surface area contributed by atoms with Crippen LogP contribution in [-0.4, -0.2) is 29.8 Å². The van der Waals surface area contributed by atoms with Crippen LogP contribution in [0.4, 0.5) is 4.39 Å². The molecular formula is C13H15FN2O2. The van der Waals surface area contributed by atoms with E-state index >= 15 is 0 Å². The van der Waals surface area contributed by atoms with Crippen LogP contribution in [0.5, 0.6) is 0 Å². The van der Waals surface area contributed by atoms with E-state index in [4.69, 9.17) is 0 Å². The van der Waals surface area contributed by atoms with Crippen molar-refractivity contribution in [2.75, 3.05) is 13.1 Å². The molecule has 5 heteroatoms. The molecule has 0 spiro atoms. The third kappa shape index (κ3) is 2.50. The Morgan fingerprint density at radius 1 is 1.33 bits per heavy atom. The van der Waals surface area contributed by atoms with Crippen molar-refractivity contribution in [3.05, 3.63) is 35.6 Å². The zero-order valence-electron chi connectivity index (χ0n) is 10.1. The van der Waals surface area contributed by atoms with Gasteiger partial charge in [-0.3, -0.25) is 9.59 Å². The number of amides is 2. The van der Waals surface area contributed by atoms with Crippen molar-refractivity contribution in [2.24, 2.45) is 0 Å². The number of rotatable bonds is 2. The molecule has 0 bridgehead atoms. The molecule has 0 saturated carbocycles. The van der Waals surface area contributed by atoms with E-state index in [0.717, 1.165) is 0 Å². The largest absolute Gasteiger partial charge is 0.347 e. The SMILES string of the molecule is CC(c1ccccc1F)N1CCC(=O)NCC1=O. The number of halogens is 1. The first-order valence-corrected chi connectivity index (χ1v) is 5.90. The number of nitrogens with zero attached hydrogens (tertiary/aromatic N) is 1. The van der Waals surface area contributed by atoms with Gasteiger partial charge in [-0.1, -0.05) is 18.2 Å². The molecule has 4 nitrogen and oxygen atoms in total. The average molecular weight is 250 g/mol. The Morgan fingerprint density at radius 2 is 2.06 bits per heavy atom. The number of nitrogens with one attached hydrogen (secondary N) is 1. The molecule has 18 heavy (non-hydrogen) atoms. The molecule has 1 aromatic rings. The minimum Gasteiger partial charge on any atom is -0.347 e. The minimum atomic E-state index is -0.369. The van der Waals surface area contributed by atoms with Crippen molar-refractivity contribution < 1.29 is 14.0 Å². The van der Waals surface area contributed by atoms with Crippen LogP contribution in [-0.2, 0) is 9.59 Å². The van der Waals surface area contributed by atoms with Gasteiger partial charge in [0.1, 0.15) is 5.82 Å². The third-order valence-corrected chi connectivity index (χ3v) is 3.16. The minimum absolute atomic E-state index is 0.0162. The lowest BCUT2D eigenvalue weighted by Gasteiger charge is -2.28. The molecule has 1 unspecified atom stereocenters. The lowest BCUT2D eigenvalue weighted by molar-refractivity contribution is -0.132. The average Bonchev–Trinajstić information content (AvgIpc) is 2.52. The van der Waals surface area contributed by atoms with Gasteiger partial charge in [0.25, 0.3) is 0 Å². The second kappa shape index (κ2) is 5.16. The summed E-state index contributed by atoms with van der Waals surface area (Å²) in [7, 11) is 0. The predicted octanol–water partition coefficient (Wildman–Crippen LogP) is 1.24. The van der Waals surface area contributed by atoms with E-state index in [9.17, 15) is 14.0 Å². The van der Waals surface area contributed by atoms with Crippen molar-refractivity contribution in [2.45, 2.75) is 19.4 Å². The number of carbonyl (C=O) groups excluding carboxylic acids is 2. The number of carbonyl (C=O) groups is 2. The second-order valence-electron chi connectivity index (χ2n) is 4.31. The molecule has 0 aromatic heterocycles. The van der Waals surface area contributed by atoms with Crippen LogP contribution in [0.3, 0.4) is 0 Å². The van der Waals surface area contributed by atoms with Gasteiger partial charge in [0.2, 0.25) is 11.8 Å². The Morgan fingerprint density at radius 3 is 2.78 bits per heavy atom. The summed E-state index contributed by atoms with van der Waals surface area (Å²) in [6, 6.07) is 6.01. The monoisotopic (exact) mass is 250 g/mol. The summed E-state index contributed by atoms with van der Waals surface area (Å²) in [6.07, 6.45) is 0.254. The summed E-state index contributed by atoms with van der Waals surface area (Å²) in [5.74, 6) is -0.662. The zero-order chi connectivity index (χ0) is 13.1. The van der Waals surface area contributed by atoms with Crippen molar-refractivity contribution >= 4 is 11.8 Å². The Balaban J connectivity index is 2.22. The first-order valence-electron chi connectivity index (χ1n) is 5.90. The standard InChI is InChI=1S/C13H15FN2O2/c1-9(10-4-2-3-5-11(10)14)16-7-6-12(17)15-8-13(16)18/h2-5,9H,6-8H2,1H3,(H,15,17). The van der Waals surface area contributed by atoms with Gasteiger partial charge in [-0.25, -0.2) is 4.39 Å². The van der Waals surface area contributed by atoms with E-state index in [-0.39, 0.29) is 36.6 Å². The fourth-order valence-electron chi connectivity index (χ4n) is 2.10. The third-order valence-electron chi connectivity index (χ3n) is 3.16. The van der Waals surface area contributed by atoms with Gasteiger partial charge in [-0.2, -0.15) is 0 Å². The highest BCUT2D eigenvalue weighted by atomic mass is 19.1. The van der Waals surface area contributed by atoms with Gasteiger partial charge < -0.3 is 10.2 Å². The fourth-order valence-corrected chi connectivity index (χ4v) is 2.10. The molecule has 1 aliphatic heterocycles. The Hall–Kier alpha value is -1.91. The van der Waals surface area contributed by atoms with Gasteiger partial charge in [0.05, 0.1) is 12.6 Å². The van der Waals surface area contributed by atoms with E-state index in [1.54, 1.807) is 25.1 Å². The van der Waals surface area contributed by atoms with Gasteiger partial charge in [-0.05, 0) is 13.0 Å². The van der Waals surface area contributed by atoms with Gasteiger partial charge in [-0.15, -0.1) is 0 Å². The van der Waals surface area contributed by atoms with Crippen molar-refractivity contribution in [3.63, 3.8) is 0 Å². The van der Waals surface area contributed by atoms with Gasteiger partial charge in [0.15, 0.2) is 0 Å². The molecule has 0 aliphatic carbocycles. The normalized spacial score (nSPS) is 18.2. The molecule has 1 aromatic carbocycles. The number of benzene rings is 1. The van der Waals surface area contributed by atoms with Crippen molar-refractivity contribution in [1.82, 2.24) is 10.2 Å². The summed E-state index contributed by atoms with van der Waals surface area (Å²) in [5, 5.41) is 2.52. The first-order chi connectivity index (χ1) is 8.59. The molecule has 96 valence electrons. The summed E-state index contributed by atoms with van der Waals surface area (Å²) in [4.78, 5) is 24.6. The summed E-state index contributed by atoms with van der Waals surface area (Å²) < 4.78 is 13.7. The van der Waals surface area contributed by atoms with Crippen LogP contribution in [0.2, 0.25) is 0 Å². The predicted molar refractivity (Wildman–Crippen MR) is 64.2 cm³/mol. The maximum absolute atomic E-state index is 13.7. The Labute approximate surface area is 105 Å². The highest BCUT2D eigenvalue weighted by Gasteiger charge is 2.26. The van der Waals surface area contributed by atoms with Crippen LogP contribution in [0.1, 0.15) is 24.9 Å². The molecular weight excluding hydrogens is 235 g/mol. The Bertz CT molecular complexity index is 476. The smallest absolute Gasteiger partial charge is 0.242 e. The van der Waals surface area contributed by atoms with Crippen LogP contribution in [0, 0.1) is 5.82 Å². The molecule has 1 atom stereocenters. The van der Waals surface area contributed by atoms with Gasteiger partial charge >= 0.3 is 0 Å². The summed E-state index contributed by atoms with van der Waals surface area (Å²) in [5.41, 5.74) is 0.472.